The van der Waals surface area contributed by atoms with E-state index in [4.69, 9.17) is 11.6 Å². The lowest BCUT2D eigenvalue weighted by Crippen LogP contribution is -2.18. The lowest BCUT2D eigenvalue weighted by molar-refractivity contribution is 0.563. The topological polar surface area (TPSA) is 40.7 Å². The first-order chi connectivity index (χ1) is 9.72. The predicted octanol–water partition coefficient (Wildman–Crippen LogP) is 4.07. The minimum atomic E-state index is 0.224. The molecule has 0 saturated heterocycles. The molecule has 0 aliphatic heterocycles. The van der Waals surface area contributed by atoms with Gasteiger partial charge in [-0.1, -0.05) is 35.9 Å². The van der Waals surface area contributed by atoms with E-state index < -0.39 is 0 Å². The van der Waals surface area contributed by atoms with Crippen LogP contribution in [0.2, 0.25) is 5.02 Å². The van der Waals surface area contributed by atoms with Crippen molar-refractivity contribution in [2.24, 2.45) is 0 Å². The largest absolute Gasteiger partial charge is 0.341 e. The van der Waals surface area contributed by atoms with Crippen molar-refractivity contribution in [1.82, 2.24) is 15.3 Å². The first-order valence-corrected chi connectivity index (χ1v) is 7.02. The Hall–Kier alpha value is -1.84. The summed E-state index contributed by atoms with van der Waals surface area (Å²) < 4.78 is 0. The summed E-state index contributed by atoms with van der Waals surface area (Å²) in [5.41, 5.74) is 3.24. The van der Waals surface area contributed by atoms with Crippen LogP contribution in [0.25, 0.3) is 11.0 Å². The monoisotopic (exact) mass is 285 g/mol. The molecule has 0 fully saturated rings. The number of hydrogen-bond acceptors (Lipinski definition) is 2. The van der Waals surface area contributed by atoms with Gasteiger partial charge in [-0.15, -0.1) is 0 Å². The molecular formula is C16H16ClN3. The number of aromatic amines is 1. The zero-order valence-electron chi connectivity index (χ0n) is 11.2. The molecule has 0 saturated carbocycles. The van der Waals surface area contributed by atoms with E-state index in [1.807, 2.05) is 42.5 Å². The summed E-state index contributed by atoms with van der Waals surface area (Å²) in [6.07, 6.45) is 0. The number of halogens is 1. The molecule has 0 aliphatic rings. The van der Waals surface area contributed by atoms with Gasteiger partial charge < -0.3 is 10.3 Å². The highest BCUT2D eigenvalue weighted by atomic mass is 35.5. The SMILES string of the molecule is CC(NCc1nc2ccccc2[nH]1)c1cccc(Cl)c1. The van der Waals surface area contributed by atoms with E-state index in [0.29, 0.717) is 6.54 Å². The van der Waals surface area contributed by atoms with Gasteiger partial charge in [0, 0.05) is 11.1 Å². The number of fused-ring (bicyclic) bond motifs is 1. The van der Waals surface area contributed by atoms with Crippen LogP contribution in [-0.2, 0) is 6.54 Å². The lowest BCUT2D eigenvalue weighted by Gasteiger charge is -2.13. The molecule has 0 amide bonds. The zero-order chi connectivity index (χ0) is 13.9. The summed E-state index contributed by atoms with van der Waals surface area (Å²) in [5.74, 6) is 0.945. The van der Waals surface area contributed by atoms with Crippen molar-refractivity contribution >= 4 is 22.6 Å². The van der Waals surface area contributed by atoms with Crippen LogP contribution < -0.4 is 5.32 Å². The van der Waals surface area contributed by atoms with Crippen molar-refractivity contribution < 1.29 is 0 Å². The van der Waals surface area contributed by atoms with Crippen LogP contribution in [0.5, 0.6) is 0 Å². The summed E-state index contributed by atoms with van der Waals surface area (Å²) in [5, 5.41) is 4.21. The van der Waals surface area contributed by atoms with E-state index in [0.717, 1.165) is 21.9 Å². The Morgan fingerprint density at radius 3 is 2.85 bits per heavy atom. The molecule has 0 aliphatic carbocycles. The van der Waals surface area contributed by atoms with Gasteiger partial charge in [-0.3, -0.25) is 0 Å². The number of rotatable bonds is 4. The smallest absolute Gasteiger partial charge is 0.121 e. The Morgan fingerprint density at radius 1 is 1.20 bits per heavy atom. The average Bonchev–Trinajstić information content (AvgIpc) is 2.87. The fraction of sp³-hybridized carbons (Fsp3) is 0.188. The standard InChI is InChI=1S/C16H16ClN3/c1-11(12-5-4-6-13(17)9-12)18-10-16-19-14-7-2-3-8-15(14)20-16/h2-9,11,18H,10H2,1H3,(H,19,20). The number of nitrogens with zero attached hydrogens (tertiary/aromatic N) is 1. The Balaban J connectivity index is 1.69. The molecule has 1 aromatic heterocycles. The maximum Gasteiger partial charge on any atom is 0.121 e. The second-order valence-corrected chi connectivity index (χ2v) is 5.29. The molecule has 102 valence electrons. The first-order valence-electron chi connectivity index (χ1n) is 6.65. The third-order valence-electron chi connectivity index (χ3n) is 3.36. The van der Waals surface area contributed by atoms with Crippen molar-refractivity contribution in [2.75, 3.05) is 0 Å². The number of benzene rings is 2. The molecule has 2 N–H and O–H groups in total. The molecule has 20 heavy (non-hydrogen) atoms. The quantitative estimate of drug-likeness (QED) is 0.759. The summed E-state index contributed by atoms with van der Waals surface area (Å²) in [6.45, 7) is 2.82. The number of H-pyrrole nitrogens is 1. The van der Waals surface area contributed by atoms with E-state index in [1.165, 1.54) is 5.56 Å². The Labute approximate surface area is 123 Å². The van der Waals surface area contributed by atoms with Crippen LogP contribution in [0.15, 0.2) is 48.5 Å². The third-order valence-corrected chi connectivity index (χ3v) is 3.60. The number of hydrogen-bond donors (Lipinski definition) is 2. The maximum atomic E-state index is 6.01. The van der Waals surface area contributed by atoms with Crippen molar-refractivity contribution in [3.63, 3.8) is 0 Å². The van der Waals surface area contributed by atoms with Gasteiger partial charge >= 0.3 is 0 Å². The van der Waals surface area contributed by atoms with Crippen LogP contribution in [0.1, 0.15) is 24.4 Å². The van der Waals surface area contributed by atoms with Crippen LogP contribution in [0, 0.1) is 0 Å². The van der Waals surface area contributed by atoms with Crippen molar-refractivity contribution in [1.29, 1.82) is 0 Å². The second kappa shape index (κ2) is 5.65. The Kier molecular flexibility index (Phi) is 3.72. The zero-order valence-corrected chi connectivity index (χ0v) is 12.0. The Bertz CT molecular complexity index is 687. The molecule has 1 unspecified atom stereocenters. The molecule has 1 heterocycles. The highest BCUT2D eigenvalue weighted by Crippen LogP contribution is 2.18. The normalized spacial score (nSPS) is 12.7. The molecule has 3 nitrogen and oxygen atoms in total. The van der Waals surface area contributed by atoms with Gasteiger partial charge in [0.1, 0.15) is 5.82 Å². The van der Waals surface area contributed by atoms with E-state index in [2.05, 4.69) is 28.3 Å². The number of imidazole rings is 1. The van der Waals surface area contributed by atoms with Gasteiger partial charge in [0.15, 0.2) is 0 Å². The van der Waals surface area contributed by atoms with Crippen LogP contribution >= 0.6 is 11.6 Å². The first kappa shape index (κ1) is 13.2. The van der Waals surface area contributed by atoms with E-state index in [9.17, 15) is 0 Å². The number of nitrogens with one attached hydrogen (secondary N) is 2. The van der Waals surface area contributed by atoms with Crippen molar-refractivity contribution in [3.8, 4) is 0 Å². The molecule has 0 bridgehead atoms. The fourth-order valence-electron chi connectivity index (χ4n) is 2.23. The van der Waals surface area contributed by atoms with Crippen LogP contribution in [0.3, 0.4) is 0 Å². The fourth-order valence-corrected chi connectivity index (χ4v) is 2.43. The van der Waals surface area contributed by atoms with E-state index >= 15 is 0 Å². The van der Waals surface area contributed by atoms with Crippen molar-refractivity contribution in [2.45, 2.75) is 19.5 Å². The van der Waals surface area contributed by atoms with Gasteiger partial charge in [0.25, 0.3) is 0 Å². The summed E-state index contributed by atoms with van der Waals surface area (Å²) >= 11 is 6.01. The molecule has 4 heteroatoms. The van der Waals surface area contributed by atoms with Gasteiger partial charge in [-0.05, 0) is 36.8 Å². The average molecular weight is 286 g/mol. The molecule has 3 aromatic rings. The van der Waals surface area contributed by atoms with Gasteiger partial charge in [0.2, 0.25) is 0 Å². The van der Waals surface area contributed by atoms with Gasteiger partial charge in [-0.2, -0.15) is 0 Å². The van der Waals surface area contributed by atoms with Crippen LogP contribution in [0.4, 0.5) is 0 Å². The third kappa shape index (κ3) is 2.84. The molecule has 0 spiro atoms. The molecule has 3 rings (SSSR count). The lowest BCUT2D eigenvalue weighted by atomic mass is 10.1. The molecule has 0 radical (unpaired) electrons. The molecule has 1 atom stereocenters. The highest BCUT2D eigenvalue weighted by molar-refractivity contribution is 6.30. The summed E-state index contributed by atoms with van der Waals surface area (Å²) in [6, 6.07) is 16.2. The Morgan fingerprint density at radius 2 is 2.05 bits per heavy atom. The highest BCUT2D eigenvalue weighted by Gasteiger charge is 2.07. The number of para-hydroxylation sites is 2. The maximum absolute atomic E-state index is 6.01. The predicted molar refractivity (Wildman–Crippen MR) is 82.8 cm³/mol. The number of aromatic nitrogens is 2. The van der Waals surface area contributed by atoms with E-state index in [1.54, 1.807) is 0 Å². The second-order valence-electron chi connectivity index (χ2n) is 4.86. The minimum absolute atomic E-state index is 0.224. The van der Waals surface area contributed by atoms with Gasteiger partial charge in [0.05, 0.1) is 17.6 Å². The van der Waals surface area contributed by atoms with Crippen LogP contribution in [-0.4, -0.2) is 9.97 Å². The summed E-state index contributed by atoms with van der Waals surface area (Å²) in [4.78, 5) is 7.87. The minimum Gasteiger partial charge on any atom is -0.341 e. The van der Waals surface area contributed by atoms with E-state index in [-0.39, 0.29) is 6.04 Å². The molecule has 2 aromatic carbocycles. The van der Waals surface area contributed by atoms with Crippen molar-refractivity contribution in [3.05, 3.63) is 64.9 Å². The molecular weight excluding hydrogens is 270 g/mol. The van der Waals surface area contributed by atoms with Gasteiger partial charge in [-0.25, -0.2) is 4.98 Å². The summed E-state index contributed by atoms with van der Waals surface area (Å²) in [7, 11) is 0.